The molecule has 0 aliphatic carbocycles. The second kappa shape index (κ2) is 7.41. The Hall–Kier alpha value is -2.48. The van der Waals surface area contributed by atoms with Crippen molar-refractivity contribution in [3.8, 4) is 5.75 Å². The lowest BCUT2D eigenvalue weighted by Gasteiger charge is -2.33. The number of rotatable bonds is 4. The van der Waals surface area contributed by atoms with Crippen LogP contribution in [0.25, 0.3) is 0 Å². The predicted molar refractivity (Wildman–Crippen MR) is 85.9 cm³/mol. The van der Waals surface area contributed by atoms with Gasteiger partial charge in [-0.2, -0.15) is 13.2 Å². The van der Waals surface area contributed by atoms with Crippen molar-refractivity contribution >= 4 is 5.91 Å². The first-order valence-electron chi connectivity index (χ1n) is 8.08. The van der Waals surface area contributed by atoms with Crippen molar-refractivity contribution in [2.45, 2.75) is 25.8 Å². The van der Waals surface area contributed by atoms with Crippen molar-refractivity contribution in [2.75, 3.05) is 19.7 Å². The van der Waals surface area contributed by atoms with Gasteiger partial charge in [0.05, 0.1) is 25.0 Å². The smallest absolute Gasteiger partial charge is 0.416 e. The molecule has 1 atom stereocenters. The number of carbonyl (C=O) groups is 1. The topological polar surface area (TPSA) is 51.9 Å². The Morgan fingerprint density at radius 2 is 2.00 bits per heavy atom. The Morgan fingerprint density at radius 1 is 1.27 bits per heavy atom. The molecule has 0 bridgehead atoms. The van der Waals surface area contributed by atoms with Crippen LogP contribution < -0.4 is 4.74 Å². The van der Waals surface area contributed by atoms with E-state index in [4.69, 9.17) is 13.9 Å². The summed E-state index contributed by atoms with van der Waals surface area (Å²) in [6.45, 7) is 1.34. The van der Waals surface area contributed by atoms with Crippen LogP contribution in [0.5, 0.6) is 5.75 Å². The maximum atomic E-state index is 12.8. The molecule has 2 heterocycles. The molecule has 5 nitrogen and oxygen atoms in total. The van der Waals surface area contributed by atoms with Crippen LogP contribution in [0.1, 0.15) is 21.7 Å². The number of halogens is 3. The minimum absolute atomic E-state index is 0.00414. The Balaban J connectivity index is 1.67. The largest absolute Gasteiger partial charge is 0.486 e. The van der Waals surface area contributed by atoms with Gasteiger partial charge in [0, 0.05) is 6.54 Å². The minimum atomic E-state index is -4.51. The van der Waals surface area contributed by atoms with E-state index in [1.165, 1.54) is 12.3 Å². The first kappa shape index (κ1) is 18.3. The van der Waals surface area contributed by atoms with Gasteiger partial charge >= 0.3 is 6.18 Å². The fraction of sp³-hybridized carbons (Fsp3) is 0.389. The summed E-state index contributed by atoms with van der Waals surface area (Å²) >= 11 is 0. The summed E-state index contributed by atoms with van der Waals surface area (Å²) in [6, 6.07) is 8.78. The standard InChI is InChI=1S/C18H18F3NO4/c1-12-2-4-13(5-3-12)26-11-15-14(6-8-24-15)17(23)22-7-9-25-16(10-22)18(19,20)21/h2-6,8,16H,7,9-11H2,1H3/t16-/m0/s1. The average Bonchev–Trinajstić information content (AvgIpc) is 3.08. The van der Waals surface area contributed by atoms with Gasteiger partial charge in [0.25, 0.3) is 5.91 Å². The molecule has 1 aliphatic rings. The van der Waals surface area contributed by atoms with Crippen molar-refractivity contribution < 1.29 is 31.9 Å². The van der Waals surface area contributed by atoms with Gasteiger partial charge in [0.15, 0.2) is 11.9 Å². The van der Waals surface area contributed by atoms with Crippen LogP contribution in [-0.2, 0) is 11.3 Å². The zero-order valence-corrected chi connectivity index (χ0v) is 14.1. The lowest BCUT2D eigenvalue weighted by atomic mass is 10.2. The van der Waals surface area contributed by atoms with Crippen molar-refractivity contribution in [3.05, 3.63) is 53.5 Å². The highest BCUT2D eigenvalue weighted by Crippen LogP contribution is 2.27. The number of nitrogens with zero attached hydrogens (tertiary/aromatic N) is 1. The average molecular weight is 369 g/mol. The van der Waals surface area contributed by atoms with Crippen LogP contribution in [0.2, 0.25) is 0 Å². The van der Waals surface area contributed by atoms with Gasteiger partial charge in [-0.15, -0.1) is 0 Å². The molecule has 1 saturated heterocycles. The zero-order valence-electron chi connectivity index (χ0n) is 14.1. The van der Waals surface area contributed by atoms with Crippen LogP contribution >= 0.6 is 0 Å². The van der Waals surface area contributed by atoms with Crippen LogP contribution in [0.15, 0.2) is 41.0 Å². The summed E-state index contributed by atoms with van der Waals surface area (Å²) in [5.74, 6) is 0.346. The number of hydrogen-bond donors (Lipinski definition) is 0. The van der Waals surface area contributed by atoms with Crippen molar-refractivity contribution in [1.29, 1.82) is 0 Å². The van der Waals surface area contributed by atoms with E-state index in [0.717, 1.165) is 10.5 Å². The third-order valence-electron chi connectivity index (χ3n) is 4.09. The summed E-state index contributed by atoms with van der Waals surface area (Å²) < 4.78 is 54.1. The lowest BCUT2D eigenvalue weighted by Crippen LogP contribution is -2.51. The van der Waals surface area contributed by atoms with Gasteiger partial charge in [0.1, 0.15) is 12.4 Å². The van der Waals surface area contributed by atoms with E-state index >= 15 is 0 Å². The van der Waals surface area contributed by atoms with E-state index in [9.17, 15) is 18.0 Å². The van der Waals surface area contributed by atoms with Gasteiger partial charge in [0.2, 0.25) is 0 Å². The molecule has 140 valence electrons. The Bertz CT molecular complexity index is 755. The number of morpholine rings is 1. The van der Waals surface area contributed by atoms with Gasteiger partial charge in [-0.3, -0.25) is 4.79 Å². The molecule has 2 aromatic rings. The third-order valence-corrected chi connectivity index (χ3v) is 4.09. The quantitative estimate of drug-likeness (QED) is 0.827. The number of ether oxygens (including phenoxy) is 2. The Labute approximate surface area is 148 Å². The third kappa shape index (κ3) is 4.19. The minimum Gasteiger partial charge on any atom is -0.486 e. The summed E-state index contributed by atoms with van der Waals surface area (Å²) in [5, 5.41) is 0. The van der Waals surface area contributed by atoms with Crippen LogP contribution in [-0.4, -0.2) is 42.8 Å². The van der Waals surface area contributed by atoms with Crippen LogP contribution in [0.3, 0.4) is 0 Å². The predicted octanol–water partition coefficient (Wildman–Crippen LogP) is 3.57. The number of furan rings is 1. The number of hydrogen-bond acceptors (Lipinski definition) is 4. The molecule has 3 rings (SSSR count). The summed E-state index contributed by atoms with van der Waals surface area (Å²) in [4.78, 5) is 13.7. The maximum absolute atomic E-state index is 12.8. The Kier molecular flexibility index (Phi) is 5.22. The number of aryl methyl sites for hydroxylation is 1. The molecule has 0 N–H and O–H groups in total. The second-order valence-corrected chi connectivity index (χ2v) is 6.01. The Morgan fingerprint density at radius 3 is 2.69 bits per heavy atom. The second-order valence-electron chi connectivity index (χ2n) is 6.01. The summed E-state index contributed by atoms with van der Waals surface area (Å²) in [7, 11) is 0. The van der Waals surface area contributed by atoms with E-state index < -0.39 is 24.7 Å². The zero-order chi connectivity index (χ0) is 18.7. The fourth-order valence-corrected chi connectivity index (χ4v) is 2.63. The van der Waals surface area contributed by atoms with E-state index in [0.29, 0.717) is 5.75 Å². The molecule has 1 amide bonds. The van der Waals surface area contributed by atoms with Gasteiger partial charge in [-0.1, -0.05) is 17.7 Å². The molecule has 26 heavy (non-hydrogen) atoms. The van der Waals surface area contributed by atoms with Gasteiger partial charge in [-0.25, -0.2) is 0 Å². The van der Waals surface area contributed by atoms with Gasteiger partial charge < -0.3 is 18.8 Å². The maximum Gasteiger partial charge on any atom is 0.416 e. The molecule has 0 spiro atoms. The van der Waals surface area contributed by atoms with Crippen molar-refractivity contribution in [1.82, 2.24) is 4.90 Å². The van der Waals surface area contributed by atoms with E-state index in [2.05, 4.69) is 0 Å². The summed E-state index contributed by atoms with van der Waals surface area (Å²) in [6.07, 6.45) is -5.16. The van der Waals surface area contributed by atoms with Crippen molar-refractivity contribution in [3.63, 3.8) is 0 Å². The number of amides is 1. The fourth-order valence-electron chi connectivity index (χ4n) is 2.63. The first-order valence-corrected chi connectivity index (χ1v) is 8.08. The van der Waals surface area contributed by atoms with E-state index in [-0.39, 0.29) is 31.1 Å². The molecule has 0 saturated carbocycles. The SMILES string of the molecule is Cc1ccc(OCc2occc2C(=O)N2CCO[C@H](C(F)(F)F)C2)cc1. The number of alkyl halides is 3. The number of carbonyl (C=O) groups excluding carboxylic acids is 1. The normalized spacial score (nSPS) is 18.0. The summed E-state index contributed by atoms with van der Waals surface area (Å²) in [5.41, 5.74) is 1.28. The molecule has 8 heteroatoms. The highest BCUT2D eigenvalue weighted by Gasteiger charge is 2.44. The molecular formula is C18H18F3NO4. The monoisotopic (exact) mass is 369 g/mol. The molecule has 0 radical (unpaired) electrons. The molecule has 1 aliphatic heterocycles. The van der Waals surface area contributed by atoms with Crippen molar-refractivity contribution in [2.24, 2.45) is 0 Å². The van der Waals surface area contributed by atoms with Crippen LogP contribution in [0, 0.1) is 6.92 Å². The molecule has 1 aromatic carbocycles. The molecule has 0 unspecified atom stereocenters. The van der Waals surface area contributed by atoms with Gasteiger partial charge in [-0.05, 0) is 25.1 Å². The van der Waals surface area contributed by atoms with E-state index in [1.807, 2.05) is 19.1 Å². The van der Waals surface area contributed by atoms with E-state index in [1.54, 1.807) is 12.1 Å². The molecule has 1 aromatic heterocycles. The van der Waals surface area contributed by atoms with Crippen LogP contribution in [0.4, 0.5) is 13.2 Å². The highest BCUT2D eigenvalue weighted by atomic mass is 19.4. The lowest BCUT2D eigenvalue weighted by molar-refractivity contribution is -0.233. The highest BCUT2D eigenvalue weighted by molar-refractivity contribution is 5.95. The number of benzene rings is 1. The first-order chi connectivity index (χ1) is 12.3. The molecule has 1 fully saturated rings. The molecular weight excluding hydrogens is 351 g/mol.